The second-order valence-corrected chi connectivity index (χ2v) is 4.44. The first kappa shape index (κ1) is 14.8. The molecule has 0 amide bonds. The van der Waals surface area contributed by atoms with Gasteiger partial charge in [0, 0.05) is 11.6 Å². The second-order valence-electron chi connectivity index (χ2n) is 4.44. The average Bonchev–Trinajstić information content (AvgIpc) is 2.49. The standard InChI is InChI=1S/C16H14FNO3/c1-10(19)13-8-12(17)4-6-14(13)21-15-5-3-11(9-18)7-16(15)20-2/h3-8,10,19H,1-2H3. The molecule has 0 aliphatic rings. The minimum atomic E-state index is -0.875. The molecule has 5 heteroatoms. The molecule has 0 aliphatic carbocycles. The summed E-state index contributed by atoms with van der Waals surface area (Å²) in [6.45, 7) is 1.53. The lowest BCUT2D eigenvalue weighted by molar-refractivity contribution is 0.195. The molecule has 1 unspecified atom stereocenters. The van der Waals surface area contributed by atoms with Crippen molar-refractivity contribution >= 4 is 0 Å². The fourth-order valence-electron chi connectivity index (χ4n) is 1.88. The summed E-state index contributed by atoms with van der Waals surface area (Å²) in [6.07, 6.45) is -0.875. The quantitative estimate of drug-likeness (QED) is 0.934. The number of ether oxygens (including phenoxy) is 2. The monoisotopic (exact) mass is 287 g/mol. The summed E-state index contributed by atoms with van der Waals surface area (Å²) in [7, 11) is 1.46. The van der Waals surface area contributed by atoms with Gasteiger partial charge in [0.25, 0.3) is 0 Å². The van der Waals surface area contributed by atoms with E-state index in [0.29, 0.717) is 28.4 Å². The molecule has 1 N–H and O–H groups in total. The van der Waals surface area contributed by atoms with E-state index in [0.717, 1.165) is 0 Å². The summed E-state index contributed by atoms with van der Waals surface area (Å²) >= 11 is 0. The average molecular weight is 287 g/mol. The van der Waals surface area contributed by atoms with Crippen molar-refractivity contribution in [3.63, 3.8) is 0 Å². The zero-order valence-corrected chi connectivity index (χ0v) is 11.6. The lowest BCUT2D eigenvalue weighted by Crippen LogP contribution is -1.98. The van der Waals surface area contributed by atoms with Gasteiger partial charge in [0.1, 0.15) is 11.6 Å². The van der Waals surface area contributed by atoms with Gasteiger partial charge in [-0.25, -0.2) is 4.39 Å². The van der Waals surface area contributed by atoms with Gasteiger partial charge in [0.05, 0.1) is 24.8 Å². The lowest BCUT2D eigenvalue weighted by Gasteiger charge is -2.15. The Labute approximate surface area is 122 Å². The summed E-state index contributed by atoms with van der Waals surface area (Å²) < 4.78 is 24.1. The number of rotatable bonds is 4. The van der Waals surface area contributed by atoms with E-state index >= 15 is 0 Å². The Balaban J connectivity index is 2.41. The molecule has 0 saturated carbocycles. The van der Waals surface area contributed by atoms with Crippen LogP contribution in [0.2, 0.25) is 0 Å². The molecular formula is C16H14FNO3. The number of hydrogen-bond acceptors (Lipinski definition) is 4. The topological polar surface area (TPSA) is 62.5 Å². The minimum Gasteiger partial charge on any atom is -0.493 e. The van der Waals surface area contributed by atoms with Crippen LogP contribution in [0.15, 0.2) is 36.4 Å². The number of aliphatic hydroxyl groups is 1. The first-order chi connectivity index (χ1) is 10.0. The number of benzene rings is 2. The van der Waals surface area contributed by atoms with Crippen LogP contribution in [0.1, 0.15) is 24.2 Å². The molecule has 0 fully saturated rings. The van der Waals surface area contributed by atoms with E-state index in [9.17, 15) is 9.50 Å². The van der Waals surface area contributed by atoms with Crippen molar-refractivity contribution in [2.75, 3.05) is 7.11 Å². The van der Waals surface area contributed by atoms with Gasteiger partial charge < -0.3 is 14.6 Å². The molecule has 4 nitrogen and oxygen atoms in total. The van der Waals surface area contributed by atoms with E-state index in [4.69, 9.17) is 14.7 Å². The molecule has 1 atom stereocenters. The zero-order chi connectivity index (χ0) is 15.4. The minimum absolute atomic E-state index is 0.328. The number of aliphatic hydroxyl groups excluding tert-OH is 1. The summed E-state index contributed by atoms with van der Waals surface area (Å²) in [4.78, 5) is 0. The molecule has 2 rings (SSSR count). The molecule has 2 aromatic rings. The van der Waals surface area contributed by atoms with Gasteiger partial charge in [0.15, 0.2) is 11.5 Å². The molecule has 0 saturated heterocycles. The Morgan fingerprint density at radius 1 is 1.14 bits per heavy atom. The maximum atomic E-state index is 13.3. The highest BCUT2D eigenvalue weighted by atomic mass is 19.1. The molecule has 108 valence electrons. The third-order valence-electron chi connectivity index (χ3n) is 2.93. The predicted molar refractivity (Wildman–Crippen MR) is 74.8 cm³/mol. The Bertz CT molecular complexity index is 692. The van der Waals surface area contributed by atoms with Crippen LogP contribution in [0.4, 0.5) is 4.39 Å². The summed E-state index contributed by atoms with van der Waals surface area (Å²) in [6, 6.07) is 10.6. The number of methoxy groups -OCH3 is 1. The van der Waals surface area contributed by atoms with Gasteiger partial charge in [-0.2, -0.15) is 5.26 Å². The van der Waals surface area contributed by atoms with E-state index < -0.39 is 11.9 Å². The largest absolute Gasteiger partial charge is 0.493 e. The number of halogens is 1. The highest BCUT2D eigenvalue weighted by Crippen LogP contribution is 2.35. The van der Waals surface area contributed by atoms with Gasteiger partial charge in [-0.15, -0.1) is 0 Å². The summed E-state index contributed by atoms with van der Waals surface area (Å²) in [5.74, 6) is 0.638. The van der Waals surface area contributed by atoms with Crippen molar-refractivity contribution in [3.05, 3.63) is 53.3 Å². The van der Waals surface area contributed by atoms with Gasteiger partial charge >= 0.3 is 0 Å². The predicted octanol–water partition coefficient (Wildman–Crippen LogP) is 3.55. The molecule has 0 spiro atoms. The van der Waals surface area contributed by atoms with E-state index in [2.05, 4.69) is 0 Å². The SMILES string of the molecule is COc1cc(C#N)ccc1Oc1ccc(F)cc1C(C)O. The molecular weight excluding hydrogens is 273 g/mol. The first-order valence-electron chi connectivity index (χ1n) is 6.28. The van der Waals surface area contributed by atoms with E-state index in [1.807, 2.05) is 6.07 Å². The Morgan fingerprint density at radius 2 is 1.86 bits per heavy atom. The molecule has 2 aromatic carbocycles. The van der Waals surface area contributed by atoms with Gasteiger partial charge in [-0.05, 0) is 37.3 Å². The molecule has 0 aliphatic heterocycles. The van der Waals surface area contributed by atoms with Crippen molar-refractivity contribution in [2.45, 2.75) is 13.0 Å². The maximum absolute atomic E-state index is 13.3. The molecule has 0 aromatic heterocycles. The molecule has 0 bridgehead atoms. The van der Waals surface area contributed by atoms with Crippen molar-refractivity contribution in [3.8, 4) is 23.3 Å². The van der Waals surface area contributed by atoms with Crippen LogP contribution < -0.4 is 9.47 Å². The fourth-order valence-corrected chi connectivity index (χ4v) is 1.88. The molecule has 0 radical (unpaired) electrons. The number of nitrogens with zero attached hydrogens (tertiary/aromatic N) is 1. The van der Waals surface area contributed by atoms with Crippen molar-refractivity contribution < 1.29 is 19.0 Å². The fraction of sp³-hybridized carbons (Fsp3) is 0.188. The molecule has 21 heavy (non-hydrogen) atoms. The zero-order valence-electron chi connectivity index (χ0n) is 11.6. The normalized spacial score (nSPS) is 11.6. The van der Waals surface area contributed by atoms with Crippen LogP contribution in [0.5, 0.6) is 17.2 Å². The van der Waals surface area contributed by atoms with Gasteiger partial charge in [0.2, 0.25) is 0 Å². The Morgan fingerprint density at radius 3 is 2.48 bits per heavy atom. The van der Waals surface area contributed by atoms with Crippen molar-refractivity contribution in [1.82, 2.24) is 0 Å². The second kappa shape index (κ2) is 6.25. The smallest absolute Gasteiger partial charge is 0.169 e. The lowest BCUT2D eigenvalue weighted by atomic mass is 10.1. The Hall–Kier alpha value is -2.58. The van der Waals surface area contributed by atoms with Crippen molar-refractivity contribution in [1.29, 1.82) is 5.26 Å². The third kappa shape index (κ3) is 3.30. The van der Waals surface area contributed by atoms with E-state index in [-0.39, 0.29) is 0 Å². The van der Waals surface area contributed by atoms with Crippen LogP contribution in [0.25, 0.3) is 0 Å². The van der Waals surface area contributed by atoms with Crippen molar-refractivity contribution in [2.24, 2.45) is 0 Å². The summed E-state index contributed by atoms with van der Waals surface area (Å²) in [5.41, 5.74) is 0.774. The van der Waals surface area contributed by atoms with Gasteiger partial charge in [-0.3, -0.25) is 0 Å². The third-order valence-corrected chi connectivity index (χ3v) is 2.93. The highest BCUT2D eigenvalue weighted by molar-refractivity contribution is 5.49. The van der Waals surface area contributed by atoms with Gasteiger partial charge in [-0.1, -0.05) is 0 Å². The van der Waals surface area contributed by atoms with Crippen LogP contribution in [-0.4, -0.2) is 12.2 Å². The van der Waals surface area contributed by atoms with Crippen LogP contribution in [0, 0.1) is 17.1 Å². The highest BCUT2D eigenvalue weighted by Gasteiger charge is 2.14. The van der Waals surface area contributed by atoms with Crippen LogP contribution in [0.3, 0.4) is 0 Å². The van der Waals surface area contributed by atoms with E-state index in [1.54, 1.807) is 18.2 Å². The molecule has 0 heterocycles. The van der Waals surface area contributed by atoms with Crippen LogP contribution in [-0.2, 0) is 0 Å². The maximum Gasteiger partial charge on any atom is 0.169 e. The Kier molecular flexibility index (Phi) is 4.41. The van der Waals surface area contributed by atoms with Crippen LogP contribution >= 0.6 is 0 Å². The first-order valence-corrected chi connectivity index (χ1v) is 6.28. The summed E-state index contributed by atoms with van der Waals surface area (Å²) in [5, 5.41) is 18.6. The van der Waals surface area contributed by atoms with E-state index in [1.165, 1.54) is 32.2 Å². The number of nitriles is 1. The number of hydrogen-bond donors (Lipinski definition) is 1.